The highest BCUT2D eigenvalue weighted by Gasteiger charge is 2.35. The zero-order chi connectivity index (χ0) is 11.5. The van der Waals surface area contributed by atoms with Crippen molar-refractivity contribution in [2.45, 2.75) is 38.7 Å². The van der Waals surface area contributed by atoms with E-state index in [9.17, 15) is 4.79 Å². The number of carbonyl (C=O) groups is 1. The molecule has 3 heteroatoms. The van der Waals surface area contributed by atoms with E-state index in [0.29, 0.717) is 12.3 Å². The molecule has 0 spiro atoms. The smallest absolute Gasteiger partial charge is 0.166 e. The van der Waals surface area contributed by atoms with Gasteiger partial charge in [-0.25, -0.2) is 0 Å². The van der Waals surface area contributed by atoms with Crippen molar-refractivity contribution < 1.29 is 9.53 Å². The Bertz CT molecular complexity index is 366. The molecule has 0 aromatic carbocycles. The first-order valence-corrected chi connectivity index (χ1v) is 6.69. The number of Topliss-reactive ketones (excluding diaryl/α,β-unsaturated/α-hetero) is 1. The quantitative estimate of drug-likeness (QED) is 0.761. The topological polar surface area (TPSA) is 26.3 Å². The Balaban J connectivity index is 1.94. The highest BCUT2D eigenvalue weighted by atomic mass is 32.1. The number of rotatable bonds is 6. The lowest BCUT2D eigenvalue weighted by Gasteiger charge is -2.11. The number of ketones is 1. The molecule has 0 saturated heterocycles. The van der Waals surface area contributed by atoms with E-state index in [1.165, 1.54) is 9.75 Å². The monoisotopic (exact) mass is 238 g/mol. The molecule has 0 amide bonds. The number of carbonyl (C=O) groups excluding carboxylic acids is 1. The Labute approximate surface area is 101 Å². The van der Waals surface area contributed by atoms with Gasteiger partial charge >= 0.3 is 0 Å². The Morgan fingerprint density at radius 2 is 2.19 bits per heavy atom. The Morgan fingerprint density at radius 1 is 1.50 bits per heavy atom. The van der Waals surface area contributed by atoms with Crippen LogP contribution in [0.4, 0.5) is 0 Å². The van der Waals surface area contributed by atoms with Crippen LogP contribution in [0.25, 0.3) is 0 Å². The third-order valence-corrected chi connectivity index (χ3v) is 4.27. The van der Waals surface area contributed by atoms with Gasteiger partial charge in [0.25, 0.3) is 0 Å². The molecule has 1 aromatic rings. The Morgan fingerprint density at radius 3 is 2.69 bits per heavy atom. The van der Waals surface area contributed by atoms with Crippen LogP contribution in [0.2, 0.25) is 0 Å². The van der Waals surface area contributed by atoms with Crippen molar-refractivity contribution in [2.24, 2.45) is 5.92 Å². The average Bonchev–Trinajstić information content (AvgIpc) is 2.99. The summed E-state index contributed by atoms with van der Waals surface area (Å²) in [7, 11) is 1.65. The number of thiophene rings is 1. The molecular formula is C13H18O2S. The first kappa shape index (κ1) is 11.8. The van der Waals surface area contributed by atoms with Crippen molar-refractivity contribution in [1.82, 2.24) is 0 Å². The SMILES string of the molecule is CCc1ccc(CC(=O)C(OC)C2CC2)s1. The van der Waals surface area contributed by atoms with Crippen molar-refractivity contribution in [1.29, 1.82) is 0 Å². The molecule has 1 unspecified atom stereocenters. The molecule has 1 atom stereocenters. The van der Waals surface area contributed by atoms with Gasteiger partial charge in [0.05, 0.1) is 0 Å². The van der Waals surface area contributed by atoms with Crippen LogP contribution in [0, 0.1) is 5.92 Å². The van der Waals surface area contributed by atoms with E-state index in [2.05, 4.69) is 19.1 Å². The van der Waals surface area contributed by atoms with Gasteiger partial charge in [-0.2, -0.15) is 0 Å². The van der Waals surface area contributed by atoms with Crippen LogP contribution in [-0.4, -0.2) is 19.0 Å². The first-order valence-electron chi connectivity index (χ1n) is 5.87. The van der Waals surface area contributed by atoms with Gasteiger partial charge in [0.1, 0.15) is 6.10 Å². The molecule has 1 aliphatic carbocycles. The molecule has 0 radical (unpaired) electrons. The number of methoxy groups -OCH3 is 1. The second-order valence-corrected chi connectivity index (χ2v) is 5.61. The number of hydrogen-bond acceptors (Lipinski definition) is 3. The van der Waals surface area contributed by atoms with Crippen LogP contribution in [0.5, 0.6) is 0 Å². The molecule has 88 valence electrons. The molecule has 2 nitrogen and oxygen atoms in total. The minimum atomic E-state index is -0.160. The molecule has 0 aliphatic heterocycles. The highest BCUT2D eigenvalue weighted by Crippen LogP contribution is 2.35. The zero-order valence-corrected chi connectivity index (χ0v) is 10.7. The average molecular weight is 238 g/mol. The molecule has 2 rings (SSSR count). The lowest BCUT2D eigenvalue weighted by Crippen LogP contribution is -2.26. The summed E-state index contributed by atoms with van der Waals surface area (Å²) < 4.78 is 5.30. The summed E-state index contributed by atoms with van der Waals surface area (Å²) in [4.78, 5) is 14.5. The summed E-state index contributed by atoms with van der Waals surface area (Å²) in [6.45, 7) is 2.14. The molecule has 1 heterocycles. The maximum absolute atomic E-state index is 12.0. The van der Waals surface area contributed by atoms with Gasteiger partial charge in [-0.1, -0.05) is 6.92 Å². The van der Waals surface area contributed by atoms with Crippen LogP contribution in [0.1, 0.15) is 29.5 Å². The summed E-state index contributed by atoms with van der Waals surface area (Å²) in [5, 5.41) is 0. The van der Waals surface area contributed by atoms with Gasteiger partial charge in [-0.15, -0.1) is 11.3 Å². The summed E-state index contributed by atoms with van der Waals surface area (Å²) in [6, 6.07) is 4.19. The minimum absolute atomic E-state index is 0.160. The number of ether oxygens (including phenoxy) is 1. The number of aryl methyl sites for hydroxylation is 1. The zero-order valence-electron chi connectivity index (χ0n) is 9.86. The van der Waals surface area contributed by atoms with Gasteiger partial charge in [-0.3, -0.25) is 4.79 Å². The summed E-state index contributed by atoms with van der Waals surface area (Å²) in [5.41, 5.74) is 0. The van der Waals surface area contributed by atoms with Gasteiger partial charge in [0, 0.05) is 23.3 Å². The van der Waals surface area contributed by atoms with E-state index in [0.717, 1.165) is 19.3 Å². The molecule has 1 fully saturated rings. The van der Waals surface area contributed by atoms with E-state index in [-0.39, 0.29) is 11.9 Å². The second kappa shape index (κ2) is 5.11. The van der Waals surface area contributed by atoms with E-state index >= 15 is 0 Å². The molecule has 16 heavy (non-hydrogen) atoms. The maximum atomic E-state index is 12.0. The normalized spacial score (nSPS) is 17.4. The standard InChI is InChI=1S/C13H18O2S/c1-3-10-6-7-11(16-10)8-12(14)13(15-2)9-4-5-9/h6-7,9,13H,3-5,8H2,1-2H3. The molecule has 0 bridgehead atoms. The van der Waals surface area contributed by atoms with E-state index in [4.69, 9.17) is 4.74 Å². The van der Waals surface area contributed by atoms with Gasteiger partial charge in [-0.05, 0) is 37.3 Å². The number of hydrogen-bond donors (Lipinski definition) is 0. The van der Waals surface area contributed by atoms with Gasteiger partial charge in [0.2, 0.25) is 0 Å². The fourth-order valence-corrected chi connectivity index (χ4v) is 2.93. The fourth-order valence-electron chi connectivity index (χ4n) is 1.97. The summed E-state index contributed by atoms with van der Waals surface area (Å²) in [6.07, 6.45) is 3.73. The van der Waals surface area contributed by atoms with Crippen molar-refractivity contribution in [3.05, 3.63) is 21.9 Å². The van der Waals surface area contributed by atoms with Crippen molar-refractivity contribution in [2.75, 3.05) is 7.11 Å². The predicted octanol–water partition coefficient (Wildman–Crippen LogP) is 2.85. The van der Waals surface area contributed by atoms with Crippen molar-refractivity contribution in [3.8, 4) is 0 Å². The molecular weight excluding hydrogens is 220 g/mol. The van der Waals surface area contributed by atoms with Crippen LogP contribution >= 0.6 is 11.3 Å². The third-order valence-electron chi connectivity index (χ3n) is 3.04. The van der Waals surface area contributed by atoms with Crippen LogP contribution < -0.4 is 0 Å². The Kier molecular flexibility index (Phi) is 3.77. The lowest BCUT2D eigenvalue weighted by atomic mass is 10.1. The van der Waals surface area contributed by atoms with Crippen molar-refractivity contribution >= 4 is 17.1 Å². The van der Waals surface area contributed by atoms with Gasteiger partial charge in [0.15, 0.2) is 5.78 Å². The van der Waals surface area contributed by atoms with Crippen LogP contribution in [-0.2, 0) is 22.4 Å². The maximum Gasteiger partial charge on any atom is 0.166 e. The summed E-state index contributed by atoms with van der Waals surface area (Å²) >= 11 is 1.74. The van der Waals surface area contributed by atoms with Crippen molar-refractivity contribution in [3.63, 3.8) is 0 Å². The lowest BCUT2D eigenvalue weighted by molar-refractivity contribution is -0.129. The molecule has 1 aromatic heterocycles. The molecule has 0 N–H and O–H groups in total. The van der Waals surface area contributed by atoms with Gasteiger partial charge < -0.3 is 4.74 Å². The van der Waals surface area contributed by atoms with E-state index in [1.807, 2.05) is 0 Å². The third kappa shape index (κ3) is 2.71. The fraction of sp³-hybridized carbons (Fsp3) is 0.615. The van der Waals surface area contributed by atoms with Crippen LogP contribution in [0.15, 0.2) is 12.1 Å². The molecule has 1 saturated carbocycles. The second-order valence-electron chi connectivity index (χ2n) is 4.36. The molecule has 1 aliphatic rings. The minimum Gasteiger partial charge on any atom is -0.373 e. The van der Waals surface area contributed by atoms with Crippen LogP contribution in [0.3, 0.4) is 0 Å². The van der Waals surface area contributed by atoms with E-state index in [1.54, 1.807) is 18.4 Å². The first-order chi connectivity index (χ1) is 7.74. The Hall–Kier alpha value is -0.670. The summed E-state index contributed by atoms with van der Waals surface area (Å²) in [5.74, 6) is 0.734. The largest absolute Gasteiger partial charge is 0.373 e. The highest BCUT2D eigenvalue weighted by molar-refractivity contribution is 7.12. The van der Waals surface area contributed by atoms with E-state index < -0.39 is 0 Å². The predicted molar refractivity (Wildman–Crippen MR) is 65.9 cm³/mol.